The fraction of sp³-hybridized carbons (Fsp3) is 0.474. The topological polar surface area (TPSA) is 68.4 Å². The Kier molecular flexibility index (Phi) is 7.79. The number of aromatic amines is 1. The molecule has 45 heavy (non-hydrogen) atoms. The highest BCUT2D eigenvalue weighted by atomic mass is 32.1. The number of nitrogens with zero attached hydrogens (tertiary/aromatic N) is 2. The molecular weight excluding hydrogens is 577 g/mol. The maximum Gasteiger partial charge on any atom is 0.317 e. The summed E-state index contributed by atoms with van der Waals surface area (Å²) in [5.41, 5.74) is 6.67. The summed E-state index contributed by atoms with van der Waals surface area (Å²) in [5, 5.41) is 4.44. The highest BCUT2D eigenvalue weighted by Gasteiger charge is 2.47. The second-order valence-corrected chi connectivity index (χ2v) is 15.4. The maximum absolute atomic E-state index is 14.0. The number of rotatable bonds is 7. The summed E-state index contributed by atoms with van der Waals surface area (Å²) in [6.07, 6.45) is 5.58. The summed E-state index contributed by atoms with van der Waals surface area (Å²) in [5.74, 6) is 0.731. The summed E-state index contributed by atoms with van der Waals surface area (Å²) in [6, 6.07) is 20.3. The van der Waals surface area contributed by atoms with Gasteiger partial charge in [-0.15, -0.1) is 11.3 Å². The lowest BCUT2D eigenvalue weighted by Gasteiger charge is -2.31. The van der Waals surface area contributed by atoms with E-state index in [4.69, 9.17) is 0 Å². The Hall–Kier alpha value is -3.58. The van der Waals surface area contributed by atoms with Crippen molar-refractivity contribution in [1.82, 2.24) is 20.1 Å². The van der Waals surface area contributed by atoms with Gasteiger partial charge in [0.25, 0.3) is 0 Å². The number of nitrogens with one attached hydrogen (secondary N) is 2. The first-order valence-electron chi connectivity index (χ1n) is 16.7. The number of amides is 3. The molecule has 3 fully saturated rings. The second-order valence-electron chi connectivity index (χ2n) is 14.4. The average Bonchev–Trinajstić information content (AvgIpc) is 3.85. The van der Waals surface area contributed by atoms with Gasteiger partial charge in [-0.25, -0.2) is 4.79 Å². The van der Waals surface area contributed by atoms with Crippen LogP contribution in [-0.4, -0.2) is 58.4 Å². The Labute approximate surface area is 271 Å². The zero-order valence-electron chi connectivity index (χ0n) is 27.3. The van der Waals surface area contributed by atoms with Crippen LogP contribution < -0.4 is 5.32 Å². The molecule has 3 saturated heterocycles. The van der Waals surface area contributed by atoms with Crippen molar-refractivity contribution in [3.05, 3.63) is 81.7 Å². The lowest BCUT2D eigenvalue weighted by Crippen LogP contribution is -2.45. The molecule has 2 aromatic carbocycles. The van der Waals surface area contributed by atoms with Gasteiger partial charge in [0.15, 0.2) is 0 Å². The lowest BCUT2D eigenvalue weighted by molar-refractivity contribution is -0.137. The van der Waals surface area contributed by atoms with Crippen molar-refractivity contribution in [2.45, 2.75) is 96.1 Å². The quantitative estimate of drug-likeness (QED) is 0.218. The minimum Gasteiger partial charge on any atom is -0.346 e. The largest absolute Gasteiger partial charge is 0.346 e. The van der Waals surface area contributed by atoms with E-state index in [1.165, 1.54) is 33.2 Å². The minimum atomic E-state index is -0.588. The zero-order chi connectivity index (χ0) is 31.5. The molecule has 6 nitrogen and oxygen atoms in total. The molecule has 0 radical (unpaired) electrons. The van der Waals surface area contributed by atoms with E-state index in [-0.39, 0.29) is 17.9 Å². The number of aromatic nitrogens is 1. The number of benzene rings is 2. The fourth-order valence-corrected chi connectivity index (χ4v) is 9.41. The minimum absolute atomic E-state index is 0.0120. The molecule has 3 amide bonds. The van der Waals surface area contributed by atoms with Crippen LogP contribution in [0, 0.1) is 13.8 Å². The van der Waals surface area contributed by atoms with Crippen LogP contribution in [0.15, 0.2) is 54.6 Å². The van der Waals surface area contributed by atoms with Crippen molar-refractivity contribution in [2.75, 3.05) is 19.6 Å². The Morgan fingerprint density at radius 3 is 2.31 bits per heavy atom. The van der Waals surface area contributed by atoms with Crippen LogP contribution in [0.25, 0.3) is 21.5 Å². The number of fused-ring (bicyclic) bond motifs is 3. The summed E-state index contributed by atoms with van der Waals surface area (Å²) < 4.78 is 0. The van der Waals surface area contributed by atoms with Gasteiger partial charge < -0.3 is 20.1 Å². The van der Waals surface area contributed by atoms with Gasteiger partial charge in [-0.05, 0) is 94.7 Å². The zero-order valence-corrected chi connectivity index (χ0v) is 28.1. The van der Waals surface area contributed by atoms with Crippen LogP contribution in [0.4, 0.5) is 4.79 Å². The van der Waals surface area contributed by atoms with Crippen LogP contribution in [0.3, 0.4) is 0 Å². The molecule has 236 valence electrons. The van der Waals surface area contributed by atoms with Gasteiger partial charge in [-0.3, -0.25) is 4.79 Å². The smallest absolute Gasteiger partial charge is 0.317 e. The lowest BCUT2D eigenvalue weighted by atomic mass is 9.88. The van der Waals surface area contributed by atoms with Crippen molar-refractivity contribution >= 4 is 33.5 Å². The maximum atomic E-state index is 14.0. The third-order valence-electron chi connectivity index (χ3n) is 10.7. The molecule has 0 aliphatic carbocycles. The Morgan fingerprint density at radius 2 is 1.64 bits per heavy atom. The van der Waals surface area contributed by atoms with Gasteiger partial charge in [-0.1, -0.05) is 54.4 Å². The second kappa shape index (κ2) is 11.7. The van der Waals surface area contributed by atoms with E-state index in [1.54, 1.807) is 11.3 Å². The van der Waals surface area contributed by atoms with Crippen LogP contribution >= 0.6 is 11.3 Å². The van der Waals surface area contributed by atoms with E-state index in [0.717, 1.165) is 60.6 Å². The first-order chi connectivity index (χ1) is 21.6. The SMILES string of the molecule is Cc1cc(C)cc(-c2[nH]c3sc(C(C)(C)C(=O)N4C5CCC4CC5)cc3c2[C@H](C)CNC(=O)N2CCC(c3ccccc3)C2)c1. The predicted octanol–water partition coefficient (Wildman–Crippen LogP) is 8.25. The molecular formula is C38H46N4O2S. The standard InChI is InChI=1S/C38H46N4O2S/c1-23-17-24(2)19-28(18-23)34-33(25(3)21-39-37(44)41-16-15-27(22-41)26-9-7-6-8-10-26)31-20-32(45-35(31)40-34)38(4,5)36(43)42-29-11-12-30(42)14-13-29/h6-10,17-20,25,27,29-30,40H,11-16,21-22H2,1-5H3,(H,39,44)/t25-,27?,29?,30?/m1/s1. The van der Waals surface area contributed by atoms with Crippen molar-refractivity contribution in [3.8, 4) is 11.3 Å². The first kappa shape index (κ1) is 30.1. The van der Waals surface area contributed by atoms with E-state index in [0.29, 0.717) is 24.5 Å². The van der Waals surface area contributed by atoms with Gasteiger partial charge in [-0.2, -0.15) is 0 Å². The molecule has 4 aromatic rings. The number of likely N-dealkylation sites (tertiary alicyclic amines) is 1. The molecule has 3 aliphatic heterocycles. The van der Waals surface area contributed by atoms with Gasteiger partial charge in [0.05, 0.1) is 11.1 Å². The molecule has 5 heterocycles. The molecule has 1 unspecified atom stereocenters. The van der Waals surface area contributed by atoms with Gasteiger partial charge in [0.1, 0.15) is 4.83 Å². The number of hydrogen-bond donors (Lipinski definition) is 2. The molecule has 2 N–H and O–H groups in total. The normalized spacial score (nSPS) is 22.0. The molecule has 0 saturated carbocycles. The molecule has 2 aromatic heterocycles. The number of hydrogen-bond acceptors (Lipinski definition) is 3. The highest BCUT2D eigenvalue weighted by Crippen LogP contribution is 2.46. The number of carbonyl (C=O) groups excluding carboxylic acids is 2. The van der Waals surface area contributed by atoms with Crippen molar-refractivity contribution in [3.63, 3.8) is 0 Å². The molecule has 7 heteroatoms. The number of H-pyrrole nitrogens is 1. The van der Waals surface area contributed by atoms with Crippen LogP contribution in [0.5, 0.6) is 0 Å². The average molecular weight is 623 g/mol. The van der Waals surface area contributed by atoms with E-state index in [1.807, 2.05) is 11.0 Å². The van der Waals surface area contributed by atoms with E-state index in [2.05, 4.69) is 98.4 Å². The van der Waals surface area contributed by atoms with E-state index >= 15 is 0 Å². The number of urea groups is 1. The van der Waals surface area contributed by atoms with Crippen LogP contribution in [0.1, 0.15) is 91.8 Å². The summed E-state index contributed by atoms with van der Waals surface area (Å²) >= 11 is 1.71. The number of thiophene rings is 1. The Morgan fingerprint density at radius 1 is 0.978 bits per heavy atom. The molecule has 2 bridgehead atoms. The van der Waals surface area contributed by atoms with Crippen LogP contribution in [-0.2, 0) is 10.2 Å². The van der Waals surface area contributed by atoms with Gasteiger partial charge >= 0.3 is 6.03 Å². The Bertz CT molecular complexity index is 1700. The molecule has 3 aliphatic rings. The fourth-order valence-electron chi connectivity index (χ4n) is 8.23. The van der Waals surface area contributed by atoms with E-state index in [9.17, 15) is 9.59 Å². The molecule has 2 atom stereocenters. The van der Waals surface area contributed by atoms with Gasteiger partial charge in [0.2, 0.25) is 5.91 Å². The van der Waals surface area contributed by atoms with Crippen molar-refractivity contribution in [1.29, 1.82) is 0 Å². The van der Waals surface area contributed by atoms with Crippen LogP contribution in [0.2, 0.25) is 0 Å². The first-order valence-corrected chi connectivity index (χ1v) is 17.6. The number of carbonyl (C=O) groups is 2. The van der Waals surface area contributed by atoms with Crippen molar-refractivity contribution in [2.24, 2.45) is 0 Å². The predicted molar refractivity (Wildman–Crippen MR) is 184 cm³/mol. The summed E-state index contributed by atoms with van der Waals surface area (Å²) in [6.45, 7) is 12.8. The molecule has 0 spiro atoms. The molecule has 7 rings (SSSR count). The third-order valence-corrected chi connectivity index (χ3v) is 12.1. The highest BCUT2D eigenvalue weighted by molar-refractivity contribution is 7.19. The Balaban J connectivity index is 1.16. The summed E-state index contributed by atoms with van der Waals surface area (Å²) in [7, 11) is 0. The van der Waals surface area contributed by atoms with Crippen molar-refractivity contribution < 1.29 is 9.59 Å². The third kappa shape index (κ3) is 5.47. The van der Waals surface area contributed by atoms with E-state index < -0.39 is 5.41 Å². The monoisotopic (exact) mass is 622 g/mol. The summed E-state index contributed by atoms with van der Waals surface area (Å²) in [4.78, 5) is 37.5. The van der Waals surface area contributed by atoms with Gasteiger partial charge in [0, 0.05) is 53.8 Å². The number of aryl methyl sites for hydroxylation is 2.